The second kappa shape index (κ2) is 12.5. The van der Waals surface area contributed by atoms with E-state index in [-0.39, 0.29) is 23.7 Å². The highest BCUT2D eigenvalue weighted by atomic mass is 35.5. The number of nitrogens with one attached hydrogen (secondary N) is 2. The van der Waals surface area contributed by atoms with Crippen LogP contribution in [0.5, 0.6) is 5.75 Å². The molecule has 0 bridgehead atoms. The molecule has 1 unspecified atom stereocenters. The first-order valence-corrected chi connectivity index (χ1v) is 12.9. The number of hydrogen-bond donors (Lipinski definition) is 3. The molecule has 1 atom stereocenters. The Hall–Kier alpha value is -4.30. The van der Waals surface area contributed by atoms with Gasteiger partial charge in [0.05, 0.1) is 11.6 Å². The van der Waals surface area contributed by atoms with Crippen LogP contribution < -0.4 is 15.4 Å². The number of urea groups is 1. The van der Waals surface area contributed by atoms with Gasteiger partial charge < -0.3 is 25.4 Å². The first-order chi connectivity index (χ1) is 18.7. The third-order valence-electron chi connectivity index (χ3n) is 6.49. The Labute approximate surface area is 232 Å². The summed E-state index contributed by atoms with van der Waals surface area (Å²) in [6.45, 7) is 4.36. The molecule has 1 aliphatic rings. The molecule has 0 fully saturated rings. The van der Waals surface area contributed by atoms with Crippen molar-refractivity contribution in [3.63, 3.8) is 0 Å². The number of allylic oxidation sites excluding steroid dienone is 1. The fourth-order valence-corrected chi connectivity index (χ4v) is 4.78. The van der Waals surface area contributed by atoms with E-state index in [1.165, 1.54) is 4.90 Å². The van der Waals surface area contributed by atoms with Gasteiger partial charge in [-0.2, -0.15) is 0 Å². The van der Waals surface area contributed by atoms with E-state index in [1.54, 1.807) is 43.3 Å². The van der Waals surface area contributed by atoms with Crippen molar-refractivity contribution in [3.05, 3.63) is 111 Å². The standard InChI is InChI=1S/C30H30ClN3O5/c1-19-16-24(39-18-21-8-4-3-5-9-21)12-13-25(19)28(35)32-14-7-15-34-27(22-10-6-11-23(31)17-22)26(29(36)37)20(2)33-30(34)38/h3-6,8-13,16-17,27H,7,14-15,18H2,1-2H3,(H,32,35)(H,33,38)(H,36,37). The summed E-state index contributed by atoms with van der Waals surface area (Å²) >= 11 is 6.16. The Morgan fingerprint density at radius 1 is 1.05 bits per heavy atom. The summed E-state index contributed by atoms with van der Waals surface area (Å²) in [7, 11) is 0. The molecular weight excluding hydrogens is 518 g/mol. The van der Waals surface area contributed by atoms with E-state index in [0.29, 0.717) is 41.5 Å². The van der Waals surface area contributed by atoms with Crippen molar-refractivity contribution < 1.29 is 24.2 Å². The monoisotopic (exact) mass is 547 g/mol. The van der Waals surface area contributed by atoms with Crippen LogP contribution in [0.25, 0.3) is 0 Å². The summed E-state index contributed by atoms with van der Waals surface area (Å²) in [4.78, 5) is 39.3. The number of carboxylic acid groups (broad SMARTS) is 1. The van der Waals surface area contributed by atoms with E-state index in [0.717, 1.165) is 11.1 Å². The van der Waals surface area contributed by atoms with Crippen LogP contribution in [0, 0.1) is 6.92 Å². The molecule has 3 N–H and O–H groups in total. The molecule has 0 saturated carbocycles. The lowest BCUT2D eigenvalue weighted by Gasteiger charge is -2.37. The summed E-state index contributed by atoms with van der Waals surface area (Å²) in [5, 5.41) is 15.9. The predicted molar refractivity (Wildman–Crippen MR) is 149 cm³/mol. The minimum Gasteiger partial charge on any atom is -0.489 e. The molecule has 0 saturated heterocycles. The van der Waals surface area contributed by atoms with E-state index >= 15 is 0 Å². The Kier molecular flexibility index (Phi) is 8.88. The lowest BCUT2D eigenvalue weighted by molar-refractivity contribution is -0.133. The molecular formula is C30H30ClN3O5. The van der Waals surface area contributed by atoms with Gasteiger partial charge in [0.25, 0.3) is 5.91 Å². The molecule has 0 radical (unpaired) electrons. The van der Waals surface area contributed by atoms with Crippen LogP contribution in [0.1, 0.15) is 46.4 Å². The maximum atomic E-state index is 12.9. The molecule has 4 rings (SSSR count). The van der Waals surface area contributed by atoms with E-state index in [2.05, 4.69) is 10.6 Å². The van der Waals surface area contributed by atoms with Crippen molar-refractivity contribution in [3.8, 4) is 5.75 Å². The SMILES string of the molecule is CC1=C(C(=O)O)C(c2cccc(Cl)c2)N(CCCNC(=O)c2ccc(OCc3ccccc3)cc2C)C(=O)N1. The third kappa shape index (κ3) is 6.78. The van der Waals surface area contributed by atoms with Gasteiger partial charge in [-0.15, -0.1) is 0 Å². The summed E-state index contributed by atoms with van der Waals surface area (Å²) in [5.41, 5.74) is 3.32. The summed E-state index contributed by atoms with van der Waals surface area (Å²) < 4.78 is 5.84. The number of nitrogens with zero attached hydrogens (tertiary/aromatic N) is 1. The van der Waals surface area contributed by atoms with Gasteiger partial charge in [0, 0.05) is 29.4 Å². The number of halogens is 1. The first kappa shape index (κ1) is 27.7. The van der Waals surface area contributed by atoms with Crippen molar-refractivity contribution >= 4 is 29.5 Å². The minimum absolute atomic E-state index is 0.0751. The van der Waals surface area contributed by atoms with Gasteiger partial charge in [-0.25, -0.2) is 9.59 Å². The summed E-state index contributed by atoms with van der Waals surface area (Å²) in [5.74, 6) is -0.685. The predicted octanol–water partition coefficient (Wildman–Crippen LogP) is 5.47. The summed E-state index contributed by atoms with van der Waals surface area (Å²) in [6, 6.07) is 20.7. The Balaban J connectivity index is 1.37. The average molecular weight is 548 g/mol. The van der Waals surface area contributed by atoms with Crippen LogP contribution >= 0.6 is 11.6 Å². The molecule has 3 amide bonds. The highest BCUT2D eigenvalue weighted by molar-refractivity contribution is 6.30. The normalized spacial score (nSPS) is 15.1. The number of aryl methyl sites for hydroxylation is 1. The van der Waals surface area contributed by atoms with Crippen LogP contribution in [0.2, 0.25) is 5.02 Å². The van der Waals surface area contributed by atoms with E-state index in [9.17, 15) is 19.5 Å². The number of hydrogen-bond acceptors (Lipinski definition) is 4. The van der Waals surface area contributed by atoms with Crippen LogP contribution in [0.4, 0.5) is 4.79 Å². The van der Waals surface area contributed by atoms with Crippen molar-refractivity contribution in [1.82, 2.24) is 15.5 Å². The quantitative estimate of drug-likeness (QED) is 0.292. The molecule has 3 aromatic carbocycles. The maximum absolute atomic E-state index is 12.9. The minimum atomic E-state index is -1.12. The smallest absolute Gasteiger partial charge is 0.335 e. The molecule has 202 valence electrons. The van der Waals surface area contributed by atoms with Gasteiger partial charge in [0.15, 0.2) is 0 Å². The maximum Gasteiger partial charge on any atom is 0.335 e. The molecule has 0 aromatic heterocycles. The third-order valence-corrected chi connectivity index (χ3v) is 6.73. The number of carbonyl (C=O) groups is 3. The number of aliphatic carboxylic acids is 1. The van der Waals surface area contributed by atoms with Crippen molar-refractivity contribution in [2.75, 3.05) is 13.1 Å². The Bertz CT molecular complexity index is 1410. The largest absolute Gasteiger partial charge is 0.489 e. The van der Waals surface area contributed by atoms with Crippen LogP contribution in [-0.4, -0.2) is 41.0 Å². The van der Waals surface area contributed by atoms with Crippen LogP contribution in [0.3, 0.4) is 0 Å². The van der Waals surface area contributed by atoms with Crippen molar-refractivity contribution in [1.29, 1.82) is 0 Å². The number of carbonyl (C=O) groups excluding carboxylic acids is 2. The number of carboxylic acids is 1. The van der Waals surface area contributed by atoms with Gasteiger partial charge in [0.2, 0.25) is 0 Å². The average Bonchev–Trinajstić information content (AvgIpc) is 2.90. The fourth-order valence-electron chi connectivity index (χ4n) is 4.58. The molecule has 0 aliphatic carbocycles. The molecule has 9 heteroatoms. The van der Waals surface area contributed by atoms with Crippen LogP contribution in [-0.2, 0) is 11.4 Å². The van der Waals surface area contributed by atoms with Gasteiger partial charge in [-0.1, -0.05) is 54.1 Å². The number of ether oxygens (including phenoxy) is 1. The first-order valence-electron chi connectivity index (χ1n) is 12.6. The zero-order valence-corrected chi connectivity index (χ0v) is 22.5. The van der Waals surface area contributed by atoms with Gasteiger partial charge in [-0.3, -0.25) is 4.79 Å². The molecule has 3 aromatic rings. The van der Waals surface area contributed by atoms with Gasteiger partial charge in [0.1, 0.15) is 12.4 Å². The molecule has 1 aliphatic heterocycles. The zero-order chi connectivity index (χ0) is 27.9. The van der Waals surface area contributed by atoms with E-state index in [1.807, 2.05) is 43.3 Å². The second-order valence-electron chi connectivity index (χ2n) is 9.29. The lowest BCUT2D eigenvalue weighted by Crippen LogP contribution is -2.49. The number of benzene rings is 3. The van der Waals surface area contributed by atoms with E-state index in [4.69, 9.17) is 16.3 Å². The molecule has 39 heavy (non-hydrogen) atoms. The van der Waals surface area contributed by atoms with Crippen LogP contribution in [0.15, 0.2) is 84.1 Å². The van der Waals surface area contributed by atoms with E-state index < -0.39 is 18.0 Å². The number of rotatable bonds is 10. The van der Waals surface area contributed by atoms with Gasteiger partial charge in [-0.05, 0) is 67.3 Å². The second-order valence-corrected chi connectivity index (χ2v) is 9.72. The Morgan fingerprint density at radius 3 is 2.51 bits per heavy atom. The summed E-state index contributed by atoms with van der Waals surface area (Å²) in [6.07, 6.45) is 0.416. The van der Waals surface area contributed by atoms with Crippen molar-refractivity contribution in [2.45, 2.75) is 32.9 Å². The Morgan fingerprint density at radius 2 is 1.82 bits per heavy atom. The highest BCUT2D eigenvalue weighted by Crippen LogP contribution is 2.34. The van der Waals surface area contributed by atoms with Gasteiger partial charge >= 0.3 is 12.0 Å². The zero-order valence-electron chi connectivity index (χ0n) is 21.7. The fraction of sp³-hybridized carbons (Fsp3) is 0.233. The topological polar surface area (TPSA) is 108 Å². The number of amides is 3. The molecule has 8 nitrogen and oxygen atoms in total. The highest BCUT2D eigenvalue weighted by Gasteiger charge is 2.37. The molecule has 1 heterocycles. The molecule has 0 spiro atoms. The lowest BCUT2D eigenvalue weighted by atomic mass is 9.93. The van der Waals surface area contributed by atoms with Crippen molar-refractivity contribution in [2.24, 2.45) is 0 Å².